The normalized spacial score (nSPS) is 18.9. The van der Waals surface area contributed by atoms with Crippen LogP contribution in [-0.4, -0.2) is 49.3 Å². The smallest absolute Gasteiger partial charge is 0.0558 e. The second-order valence-electron chi connectivity index (χ2n) is 6.18. The third-order valence-corrected chi connectivity index (χ3v) is 3.76. The minimum Gasteiger partial charge on any atom is -0.395 e. The van der Waals surface area contributed by atoms with Crippen LogP contribution in [0.5, 0.6) is 0 Å². The highest BCUT2D eigenvalue weighted by Crippen LogP contribution is 2.25. The van der Waals surface area contributed by atoms with Crippen molar-refractivity contribution >= 4 is 0 Å². The van der Waals surface area contributed by atoms with E-state index in [9.17, 15) is 5.11 Å². The van der Waals surface area contributed by atoms with E-state index in [2.05, 4.69) is 24.1 Å². The van der Waals surface area contributed by atoms with Gasteiger partial charge < -0.3 is 10.4 Å². The molecule has 0 aromatic heterocycles. The first-order valence-corrected chi connectivity index (χ1v) is 7.08. The van der Waals surface area contributed by atoms with Crippen LogP contribution in [0.2, 0.25) is 0 Å². The van der Waals surface area contributed by atoms with Crippen LogP contribution in [0.4, 0.5) is 0 Å². The molecule has 0 spiro atoms. The molecule has 0 amide bonds. The number of rotatable bonds is 7. The molecule has 3 heteroatoms. The number of hydrogen-bond donors (Lipinski definition) is 2. The highest BCUT2D eigenvalue weighted by molar-refractivity contribution is 4.82. The fourth-order valence-corrected chi connectivity index (χ4v) is 3.05. The zero-order valence-electron chi connectivity index (χ0n) is 11.8. The van der Waals surface area contributed by atoms with Crippen molar-refractivity contribution in [3.05, 3.63) is 0 Å². The van der Waals surface area contributed by atoms with E-state index in [0.717, 1.165) is 19.6 Å². The van der Waals surface area contributed by atoms with Crippen molar-refractivity contribution in [1.29, 1.82) is 0 Å². The summed E-state index contributed by atoms with van der Waals surface area (Å²) in [5.41, 5.74) is 0.279. The van der Waals surface area contributed by atoms with Crippen LogP contribution in [0.1, 0.15) is 46.0 Å². The maximum absolute atomic E-state index is 9.24. The Hall–Kier alpha value is -0.120. The summed E-state index contributed by atoms with van der Waals surface area (Å²) in [6.07, 6.45) is 6.74. The molecule has 0 aromatic carbocycles. The van der Waals surface area contributed by atoms with Crippen molar-refractivity contribution in [2.24, 2.45) is 5.41 Å². The molecule has 2 N–H and O–H groups in total. The largest absolute Gasteiger partial charge is 0.395 e. The zero-order valence-corrected chi connectivity index (χ0v) is 11.8. The van der Waals surface area contributed by atoms with Crippen LogP contribution in [0.25, 0.3) is 0 Å². The molecule has 0 unspecified atom stereocenters. The van der Waals surface area contributed by atoms with Crippen LogP contribution in [0.3, 0.4) is 0 Å². The molecule has 0 radical (unpaired) electrons. The number of nitrogens with zero attached hydrogens (tertiary/aromatic N) is 1. The topological polar surface area (TPSA) is 35.5 Å². The minimum absolute atomic E-state index is 0.279. The number of hydrogen-bond acceptors (Lipinski definition) is 3. The molecule has 0 bridgehead atoms. The van der Waals surface area contributed by atoms with Crippen molar-refractivity contribution in [2.75, 3.05) is 33.3 Å². The summed E-state index contributed by atoms with van der Waals surface area (Å²) >= 11 is 0. The highest BCUT2D eigenvalue weighted by atomic mass is 16.3. The molecule has 3 nitrogen and oxygen atoms in total. The number of nitrogens with one attached hydrogen (secondary N) is 1. The lowest BCUT2D eigenvalue weighted by Crippen LogP contribution is -2.46. The monoisotopic (exact) mass is 242 g/mol. The summed E-state index contributed by atoms with van der Waals surface area (Å²) in [5, 5.41) is 12.5. The third kappa shape index (κ3) is 5.36. The van der Waals surface area contributed by atoms with Gasteiger partial charge in [-0.25, -0.2) is 0 Å². The Morgan fingerprint density at radius 1 is 1.24 bits per heavy atom. The van der Waals surface area contributed by atoms with Crippen LogP contribution in [0, 0.1) is 5.41 Å². The molecule has 1 aliphatic rings. The van der Waals surface area contributed by atoms with Crippen molar-refractivity contribution in [3.8, 4) is 0 Å². The van der Waals surface area contributed by atoms with Crippen LogP contribution in [-0.2, 0) is 0 Å². The van der Waals surface area contributed by atoms with E-state index in [0.29, 0.717) is 6.04 Å². The SMILES string of the molecule is CNCC(C)(C)CN(CCO)C1CCCCC1. The summed E-state index contributed by atoms with van der Waals surface area (Å²) in [6.45, 7) is 7.83. The molecule has 17 heavy (non-hydrogen) atoms. The average molecular weight is 242 g/mol. The maximum atomic E-state index is 9.24. The third-order valence-electron chi connectivity index (χ3n) is 3.76. The summed E-state index contributed by atoms with van der Waals surface area (Å²) in [6, 6.07) is 0.701. The Bertz CT molecular complexity index is 200. The van der Waals surface area contributed by atoms with E-state index in [4.69, 9.17) is 0 Å². The second-order valence-corrected chi connectivity index (χ2v) is 6.18. The molecule has 0 heterocycles. The van der Waals surface area contributed by atoms with E-state index in [1.165, 1.54) is 32.1 Å². The zero-order chi connectivity index (χ0) is 12.7. The predicted octanol–water partition coefficient (Wildman–Crippen LogP) is 1.86. The quantitative estimate of drug-likeness (QED) is 0.715. The summed E-state index contributed by atoms with van der Waals surface area (Å²) < 4.78 is 0. The molecule has 0 aliphatic heterocycles. The van der Waals surface area contributed by atoms with Gasteiger partial charge >= 0.3 is 0 Å². The fourth-order valence-electron chi connectivity index (χ4n) is 3.05. The molecule has 102 valence electrons. The van der Waals surface area contributed by atoms with Crippen LogP contribution < -0.4 is 5.32 Å². The van der Waals surface area contributed by atoms with E-state index in [1.807, 2.05) is 7.05 Å². The number of aliphatic hydroxyl groups excluding tert-OH is 1. The lowest BCUT2D eigenvalue weighted by Gasteiger charge is -2.39. The summed E-state index contributed by atoms with van der Waals surface area (Å²) in [5.74, 6) is 0. The van der Waals surface area contributed by atoms with E-state index in [1.54, 1.807) is 0 Å². The highest BCUT2D eigenvalue weighted by Gasteiger charge is 2.26. The lowest BCUT2D eigenvalue weighted by atomic mass is 9.89. The molecule has 1 rings (SSSR count). The van der Waals surface area contributed by atoms with Gasteiger partial charge in [-0.3, -0.25) is 4.90 Å². The first-order chi connectivity index (χ1) is 8.09. The van der Waals surface area contributed by atoms with Gasteiger partial charge in [0.2, 0.25) is 0 Å². The van der Waals surface area contributed by atoms with Gasteiger partial charge in [0.1, 0.15) is 0 Å². The fraction of sp³-hybridized carbons (Fsp3) is 1.00. The van der Waals surface area contributed by atoms with E-state index < -0.39 is 0 Å². The van der Waals surface area contributed by atoms with Crippen LogP contribution >= 0.6 is 0 Å². The van der Waals surface area contributed by atoms with Gasteiger partial charge in [0.25, 0.3) is 0 Å². The van der Waals surface area contributed by atoms with Gasteiger partial charge in [-0.2, -0.15) is 0 Å². The van der Waals surface area contributed by atoms with Gasteiger partial charge in [0.15, 0.2) is 0 Å². The van der Waals surface area contributed by atoms with E-state index >= 15 is 0 Å². The van der Waals surface area contributed by atoms with Gasteiger partial charge in [-0.1, -0.05) is 33.1 Å². The van der Waals surface area contributed by atoms with Crippen molar-refractivity contribution in [1.82, 2.24) is 10.2 Å². The minimum atomic E-state index is 0.279. The molecule has 0 saturated heterocycles. The van der Waals surface area contributed by atoms with Gasteiger partial charge in [0, 0.05) is 25.7 Å². The Morgan fingerprint density at radius 3 is 2.41 bits per heavy atom. The Kier molecular flexibility index (Phi) is 6.45. The van der Waals surface area contributed by atoms with Crippen molar-refractivity contribution < 1.29 is 5.11 Å². The molecule has 1 saturated carbocycles. The standard InChI is InChI=1S/C14H30N2O/c1-14(2,11-15-3)12-16(9-10-17)13-7-5-4-6-8-13/h13,15,17H,4-12H2,1-3H3. The van der Waals surface area contributed by atoms with Gasteiger partial charge in [0.05, 0.1) is 6.61 Å². The first kappa shape index (κ1) is 14.9. The number of aliphatic hydroxyl groups is 1. The predicted molar refractivity (Wildman–Crippen MR) is 73.2 cm³/mol. The summed E-state index contributed by atoms with van der Waals surface area (Å²) in [4.78, 5) is 2.51. The molecular formula is C14H30N2O. The van der Waals surface area contributed by atoms with Crippen molar-refractivity contribution in [3.63, 3.8) is 0 Å². The van der Waals surface area contributed by atoms with Crippen LogP contribution in [0.15, 0.2) is 0 Å². The average Bonchev–Trinajstić information content (AvgIpc) is 2.29. The van der Waals surface area contributed by atoms with Crippen molar-refractivity contribution in [2.45, 2.75) is 52.0 Å². The molecule has 0 aromatic rings. The maximum Gasteiger partial charge on any atom is 0.0558 e. The van der Waals surface area contributed by atoms with Gasteiger partial charge in [-0.15, -0.1) is 0 Å². The Morgan fingerprint density at radius 2 is 1.88 bits per heavy atom. The Labute approximate surface area is 107 Å². The van der Waals surface area contributed by atoms with Gasteiger partial charge in [-0.05, 0) is 25.3 Å². The molecular weight excluding hydrogens is 212 g/mol. The Balaban J connectivity index is 2.51. The summed E-state index contributed by atoms with van der Waals surface area (Å²) in [7, 11) is 2.01. The lowest BCUT2D eigenvalue weighted by molar-refractivity contribution is 0.0832. The first-order valence-electron chi connectivity index (χ1n) is 7.08. The molecule has 1 fully saturated rings. The van der Waals surface area contributed by atoms with E-state index in [-0.39, 0.29) is 12.0 Å². The molecule has 1 aliphatic carbocycles. The second kappa shape index (κ2) is 7.34. The molecule has 0 atom stereocenters.